The molecule has 2 aromatic rings. The number of hydrogen-bond acceptors (Lipinski definition) is 4. The summed E-state index contributed by atoms with van der Waals surface area (Å²) >= 11 is 0. The molecular formula is C13H13N3O. The van der Waals surface area contributed by atoms with E-state index in [-0.39, 0.29) is 0 Å². The number of aryl methyl sites for hydroxylation is 2. The number of nitriles is 1. The maximum Gasteiger partial charge on any atom is 0.122 e. The van der Waals surface area contributed by atoms with Gasteiger partial charge in [0.2, 0.25) is 0 Å². The summed E-state index contributed by atoms with van der Waals surface area (Å²) in [5.41, 5.74) is 3.02. The second kappa shape index (κ2) is 4.71. The first-order chi connectivity index (χ1) is 8.20. The lowest BCUT2D eigenvalue weighted by atomic mass is 10.1. The van der Waals surface area contributed by atoms with E-state index in [9.17, 15) is 0 Å². The van der Waals surface area contributed by atoms with Crippen LogP contribution in [-0.4, -0.2) is 4.98 Å². The highest BCUT2D eigenvalue weighted by Crippen LogP contribution is 2.19. The molecule has 0 saturated heterocycles. The Morgan fingerprint density at radius 1 is 1.47 bits per heavy atom. The summed E-state index contributed by atoms with van der Waals surface area (Å²) < 4.78 is 5.23. The number of nitrogens with one attached hydrogen (secondary N) is 1. The summed E-state index contributed by atoms with van der Waals surface area (Å²) in [5.74, 6) is 0.834. The largest absolute Gasteiger partial charge is 0.467 e. The molecule has 0 aliphatic heterocycles. The first kappa shape index (κ1) is 11.2. The van der Waals surface area contributed by atoms with Crippen LogP contribution in [0.3, 0.4) is 0 Å². The van der Waals surface area contributed by atoms with Crippen molar-refractivity contribution in [3.05, 3.63) is 47.2 Å². The number of nitrogens with zero attached hydrogens (tertiary/aromatic N) is 2. The molecule has 0 saturated carbocycles. The zero-order valence-corrected chi connectivity index (χ0v) is 9.82. The van der Waals surface area contributed by atoms with Crippen LogP contribution >= 0.6 is 0 Å². The third-order valence-electron chi connectivity index (χ3n) is 2.47. The molecule has 0 amide bonds. The molecular weight excluding hydrogens is 214 g/mol. The average Bonchev–Trinajstić information content (AvgIpc) is 2.78. The van der Waals surface area contributed by atoms with Crippen LogP contribution in [0.4, 0.5) is 5.69 Å². The van der Waals surface area contributed by atoms with Gasteiger partial charge in [0.15, 0.2) is 0 Å². The minimum absolute atomic E-state index is 0.560. The van der Waals surface area contributed by atoms with Gasteiger partial charge >= 0.3 is 0 Å². The predicted molar refractivity (Wildman–Crippen MR) is 64.5 cm³/mol. The molecule has 0 unspecified atom stereocenters. The van der Waals surface area contributed by atoms with Crippen LogP contribution in [-0.2, 0) is 6.54 Å². The van der Waals surface area contributed by atoms with Gasteiger partial charge in [-0.2, -0.15) is 5.26 Å². The van der Waals surface area contributed by atoms with Gasteiger partial charge in [0.05, 0.1) is 29.8 Å². The third-order valence-corrected chi connectivity index (χ3v) is 2.47. The summed E-state index contributed by atoms with van der Waals surface area (Å²) in [6.07, 6.45) is 1.63. The van der Waals surface area contributed by atoms with E-state index >= 15 is 0 Å². The first-order valence-electron chi connectivity index (χ1n) is 5.35. The van der Waals surface area contributed by atoms with Crippen molar-refractivity contribution in [1.82, 2.24) is 4.98 Å². The Balaban J connectivity index is 2.23. The Morgan fingerprint density at radius 2 is 2.29 bits per heavy atom. The monoisotopic (exact) mass is 227 g/mol. The van der Waals surface area contributed by atoms with Gasteiger partial charge in [-0.1, -0.05) is 0 Å². The van der Waals surface area contributed by atoms with Crippen LogP contribution in [0.15, 0.2) is 28.9 Å². The SMILES string of the molecule is Cc1cc(NCc2ccco2)c(C#N)c(C)n1. The normalized spacial score (nSPS) is 9.94. The summed E-state index contributed by atoms with van der Waals surface area (Å²) in [5, 5.41) is 12.3. The van der Waals surface area contributed by atoms with Crippen LogP contribution < -0.4 is 5.32 Å². The smallest absolute Gasteiger partial charge is 0.122 e. The molecule has 2 rings (SSSR count). The molecule has 0 radical (unpaired) electrons. The van der Waals surface area contributed by atoms with Gasteiger partial charge in [-0.25, -0.2) is 0 Å². The van der Waals surface area contributed by atoms with Gasteiger partial charge in [0, 0.05) is 5.69 Å². The fourth-order valence-corrected chi connectivity index (χ4v) is 1.70. The summed E-state index contributed by atoms with van der Waals surface area (Å²) in [4.78, 5) is 4.26. The van der Waals surface area contributed by atoms with Crippen molar-refractivity contribution in [2.75, 3.05) is 5.32 Å². The lowest BCUT2D eigenvalue weighted by Crippen LogP contribution is -2.03. The molecule has 4 heteroatoms. The maximum absolute atomic E-state index is 9.09. The van der Waals surface area contributed by atoms with Crippen molar-refractivity contribution in [3.8, 4) is 6.07 Å². The van der Waals surface area contributed by atoms with Gasteiger partial charge in [-0.05, 0) is 32.0 Å². The van der Waals surface area contributed by atoms with E-state index in [0.29, 0.717) is 12.1 Å². The molecule has 0 fully saturated rings. The van der Waals surface area contributed by atoms with Crippen LogP contribution in [0.5, 0.6) is 0 Å². The van der Waals surface area contributed by atoms with Gasteiger partial charge < -0.3 is 9.73 Å². The van der Waals surface area contributed by atoms with E-state index in [1.165, 1.54) is 0 Å². The number of rotatable bonds is 3. The molecule has 17 heavy (non-hydrogen) atoms. The molecule has 1 N–H and O–H groups in total. The van der Waals surface area contributed by atoms with Gasteiger partial charge in [0.25, 0.3) is 0 Å². The Hall–Kier alpha value is -2.28. The fraction of sp³-hybridized carbons (Fsp3) is 0.231. The van der Waals surface area contributed by atoms with Gasteiger partial charge in [-0.3, -0.25) is 4.98 Å². The van der Waals surface area contributed by atoms with Crippen molar-refractivity contribution in [3.63, 3.8) is 0 Å². The molecule has 4 nitrogen and oxygen atoms in total. The lowest BCUT2D eigenvalue weighted by Gasteiger charge is -2.09. The standard InChI is InChI=1S/C13H13N3O/c1-9-6-13(12(7-14)10(2)16-9)15-8-11-4-3-5-17-11/h3-6H,8H2,1-2H3,(H,15,16). The maximum atomic E-state index is 9.09. The molecule has 2 aromatic heterocycles. The quantitative estimate of drug-likeness (QED) is 0.875. The molecule has 0 aromatic carbocycles. The van der Waals surface area contributed by atoms with E-state index in [2.05, 4.69) is 16.4 Å². The van der Waals surface area contributed by atoms with Gasteiger partial charge in [-0.15, -0.1) is 0 Å². The Morgan fingerprint density at radius 3 is 2.94 bits per heavy atom. The first-order valence-corrected chi connectivity index (χ1v) is 5.35. The second-order valence-corrected chi connectivity index (χ2v) is 3.82. The Labute approximate surface area is 99.9 Å². The minimum atomic E-state index is 0.560. The minimum Gasteiger partial charge on any atom is -0.467 e. The summed E-state index contributed by atoms with van der Waals surface area (Å²) in [7, 11) is 0. The van der Waals surface area contributed by atoms with E-state index in [4.69, 9.17) is 9.68 Å². The van der Waals surface area contributed by atoms with E-state index < -0.39 is 0 Å². The number of anilines is 1. The Bertz CT molecular complexity index is 553. The zero-order valence-electron chi connectivity index (χ0n) is 9.82. The highest BCUT2D eigenvalue weighted by molar-refractivity contribution is 5.59. The van der Waals surface area contributed by atoms with Crippen molar-refractivity contribution in [1.29, 1.82) is 5.26 Å². The molecule has 0 aliphatic rings. The summed E-state index contributed by atoms with van der Waals surface area (Å²) in [6.45, 7) is 4.31. The predicted octanol–water partition coefficient (Wildman–Crippen LogP) is 2.78. The molecule has 0 spiro atoms. The van der Waals surface area contributed by atoms with Crippen LogP contribution in [0.25, 0.3) is 0 Å². The highest BCUT2D eigenvalue weighted by Gasteiger charge is 2.08. The number of pyridine rings is 1. The van der Waals surface area contributed by atoms with Crippen molar-refractivity contribution in [2.24, 2.45) is 0 Å². The van der Waals surface area contributed by atoms with E-state index in [1.54, 1.807) is 6.26 Å². The number of hydrogen-bond donors (Lipinski definition) is 1. The van der Waals surface area contributed by atoms with E-state index in [1.807, 2.05) is 32.0 Å². The van der Waals surface area contributed by atoms with Crippen LogP contribution in [0.1, 0.15) is 22.7 Å². The van der Waals surface area contributed by atoms with Crippen molar-refractivity contribution >= 4 is 5.69 Å². The number of aromatic nitrogens is 1. The Kier molecular flexibility index (Phi) is 3.10. The molecule has 0 bridgehead atoms. The van der Waals surface area contributed by atoms with E-state index in [0.717, 1.165) is 22.8 Å². The second-order valence-electron chi connectivity index (χ2n) is 3.82. The molecule has 86 valence electrons. The van der Waals surface area contributed by atoms with Crippen molar-refractivity contribution < 1.29 is 4.42 Å². The fourth-order valence-electron chi connectivity index (χ4n) is 1.70. The average molecular weight is 227 g/mol. The molecule has 2 heterocycles. The third kappa shape index (κ3) is 2.45. The lowest BCUT2D eigenvalue weighted by molar-refractivity contribution is 0.518. The zero-order chi connectivity index (χ0) is 12.3. The van der Waals surface area contributed by atoms with Gasteiger partial charge in [0.1, 0.15) is 11.8 Å². The van der Waals surface area contributed by atoms with Crippen molar-refractivity contribution in [2.45, 2.75) is 20.4 Å². The van der Waals surface area contributed by atoms with Crippen LogP contribution in [0.2, 0.25) is 0 Å². The topological polar surface area (TPSA) is 61.9 Å². The summed E-state index contributed by atoms with van der Waals surface area (Å²) in [6, 6.07) is 7.76. The highest BCUT2D eigenvalue weighted by atomic mass is 16.3. The number of furan rings is 1. The molecule has 0 atom stereocenters. The molecule has 0 aliphatic carbocycles. The van der Waals surface area contributed by atoms with Crippen LogP contribution in [0, 0.1) is 25.2 Å².